The Morgan fingerprint density at radius 1 is 1.52 bits per heavy atom. The number of nitrogens with zero attached hydrogens (tertiary/aromatic N) is 2. The lowest BCUT2D eigenvalue weighted by atomic mass is 10.2. The SMILES string of the molecule is CCN1CCOC(CNc2ncc(C(F)(F)F)cc2Cl)C1. The number of hydrogen-bond donors (Lipinski definition) is 1. The highest BCUT2D eigenvalue weighted by Crippen LogP contribution is 2.32. The van der Waals surface area contributed by atoms with Gasteiger partial charge in [-0.2, -0.15) is 13.2 Å². The summed E-state index contributed by atoms with van der Waals surface area (Å²) < 4.78 is 43.1. The van der Waals surface area contributed by atoms with E-state index in [9.17, 15) is 13.2 Å². The highest BCUT2D eigenvalue weighted by Gasteiger charge is 2.31. The van der Waals surface area contributed by atoms with Gasteiger partial charge in [-0.25, -0.2) is 4.98 Å². The van der Waals surface area contributed by atoms with Crippen LogP contribution in [-0.4, -0.2) is 48.8 Å². The van der Waals surface area contributed by atoms with E-state index in [4.69, 9.17) is 16.3 Å². The largest absolute Gasteiger partial charge is 0.417 e. The number of nitrogens with one attached hydrogen (secondary N) is 1. The predicted molar refractivity (Wildman–Crippen MR) is 74.6 cm³/mol. The fourth-order valence-electron chi connectivity index (χ4n) is 2.12. The average molecular weight is 324 g/mol. The molecule has 21 heavy (non-hydrogen) atoms. The number of alkyl halides is 3. The van der Waals surface area contributed by atoms with Crippen molar-refractivity contribution in [2.75, 3.05) is 38.1 Å². The van der Waals surface area contributed by atoms with Gasteiger partial charge in [0.05, 0.1) is 23.3 Å². The Hall–Kier alpha value is -1.05. The molecule has 1 aromatic rings. The van der Waals surface area contributed by atoms with E-state index in [1.807, 2.05) is 0 Å². The summed E-state index contributed by atoms with van der Waals surface area (Å²) in [6.07, 6.45) is -3.70. The van der Waals surface area contributed by atoms with Gasteiger partial charge in [0.2, 0.25) is 0 Å². The Labute approximate surface area is 126 Å². The summed E-state index contributed by atoms with van der Waals surface area (Å²) >= 11 is 5.83. The summed E-state index contributed by atoms with van der Waals surface area (Å²) in [5, 5.41) is 2.90. The minimum absolute atomic E-state index is 0.0288. The van der Waals surface area contributed by atoms with E-state index in [0.29, 0.717) is 13.2 Å². The van der Waals surface area contributed by atoms with Crippen LogP contribution in [0.3, 0.4) is 0 Å². The van der Waals surface area contributed by atoms with Crippen molar-refractivity contribution in [3.8, 4) is 0 Å². The lowest BCUT2D eigenvalue weighted by molar-refractivity contribution is -0.137. The molecule has 1 saturated heterocycles. The molecule has 0 amide bonds. The average Bonchev–Trinajstić information content (AvgIpc) is 2.45. The van der Waals surface area contributed by atoms with Crippen molar-refractivity contribution in [3.05, 3.63) is 22.8 Å². The lowest BCUT2D eigenvalue weighted by Crippen LogP contribution is -2.45. The van der Waals surface area contributed by atoms with Gasteiger partial charge in [-0.05, 0) is 12.6 Å². The molecule has 1 atom stereocenters. The predicted octanol–water partition coefficient (Wildman–Crippen LogP) is 2.89. The first kappa shape index (κ1) is 16.3. The Bertz CT molecular complexity index is 484. The van der Waals surface area contributed by atoms with Gasteiger partial charge in [-0.1, -0.05) is 18.5 Å². The van der Waals surface area contributed by atoms with Crippen LogP contribution in [0.1, 0.15) is 12.5 Å². The number of halogens is 4. The second-order valence-electron chi connectivity index (χ2n) is 4.82. The van der Waals surface area contributed by atoms with Crippen molar-refractivity contribution in [2.45, 2.75) is 19.2 Å². The van der Waals surface area contributed by atoms with Crippen molar-refractivity contribution in [2.24, 2.45) is 0 Å². The van der Waals surface area contributed by atoms with Gasteiger partial charge in [-0.15, -0.1) is 0 Å². The first-order valence-electron chi connectivity index (χ1n) is 6.70. The summed E-state index contributed by atoms with van der Waals surface area (Å²) in [4.78, 5) is 5.98. The maximum Gasteiger partial charge on any atom is 0.417 e. The molecule has 118 valence electrons. The topological polar surface area (TPSA) is 37.4 Å². The monoisotopic (exact) mass is 323 g/mol. The zero-order chi connectivity index (χ0) is 15.5. The van der Waals surface area contributed by atoms with Crippen LogP contribution in [-0.2, 0) is 10.9 Å². The minimum atomic E-state index is -4.44. The van der Waals surface area contributed by atoms with Gasteiger partial charge in [0.25, 0.3) is 0 Å². The molecule has 1 aliphatic rings. The molecule has 0 saturated carbocycles. The highest BCUT2D eigenvalue weighted by atomic mass is 35.5. The van der Waals surface area contributed by atoms with Crippen LogP contribution in [0.15, 0.2) is 12.3 Å². The van der Waals surface area contributed by atoms with Crippen molar-refractivity contribution < 1.29 is 17.9 Å². The molecule has 0 radical (unpaired) electrons. The van der Waals surface area contributed by atoms with E-state index < -0.39 is 11.7 Å². The molecule has 2 rings (SSSR count). The molecule has 0 aliphatic carbocycles. The van der Waals surface area contributed by atoms with Gasteiger partial charge in [0.1, 0.15) is 5.82 Å². The number of pyridine rings is 1. The smallest absolute Gasteiger partial charge is 0.374 e. The van der Waals surface area contributed by atoms with Crippen LogP contribution in [0.4, 0.5) is 19.0 Å². The molecule has 1 aromatic heterocycles. The molecular formula is C13H17ClF3N3O. The van der Waals surface area contributed by atoms with Crippen LogP contribution < -0.4 is 5.32 Å². The van der Waals surface area contributed by atoms with Crippen LogP contribution in [0.2, 0.25) is 5.02 Å². The number of ether oxygens (including phenoxy) is 1. The maximum absolute atomic E-state index is 12.5. The van der Waals surface area contributed by atoms with Gasteiger partial charge in [-0.3, -0.25) is 4.90 Å². The zero-order valence-corrected chi connectivity index (χ0v) is 12.3. The minimum Gasteiger partial charge on any atom is -0.374 e. The molecule has 1 aliphatic heterocycles. The van der Waals surface area contributed by atoms with Crippen LogP contribution in [0.25, 0.3) is 0 Å². The molecular weight excluding hydrogens is 307 g/mol. The second-order valence-corrected chi connectivity index (χ2v) is 5.23. The zero-order valence-electron chi connectivity index (χ0n) is 11.6. The Balaban J connectivity index is 1.94. The molecule has 1 fully saturated rings. The maximum atomic E-state index is 12.5. The van der Waals surface area contributed by atoms with E-state index in [0.717, 1.165) is 31.9 Å². The molecule has 0 aromatic carbocycles. The van der Waals surface area contributed by atoms with Gasteiger partial charge < -0.3 is 10.1 Å². The third-order valence-corrected chi connectivity index (χ3v) is 3.62. The fraction of sp³-hybridized carbons (Fsp3) is 0.615. The number of anilines is 1. The number of likely N-dealkylation sites (N-methyl/N-ethyl adjacent to an activating group) is 1. The van der Waals surface area contributed by atoms with E-state index in [1.165, 1.54) is 0 Å². The molecule has 1 N–H and O–H groups in total. The summed E-state index contributed by atoms with van der Waals surface area (Å²) in [5.74, 6) is 0.238. The first-order valence-corrected chi connectivity index (χ1v) is 7.08. The van der Waals surface area contributed by atoms with Crippen molar-refractivity contribution >= 4 is 17.4 Å². The highest BCUT2D eigenvalue weighted by molar-refractivity contribution is 6.32. The van der Waals surface area contributed by atoms with Gasteiger partial charge >= 0.3 is 6.18 Å². The summed E-state index contributed by atoms with van der Waals surface area (Å²) in [7, 11) is 0. The van der Waals surface area contributed by atoms with Crippen LogP contribution >= 0.6 is 11.6 Å². The third-order valence-electron chi connectivity index (χ3n) is 3.34. The number of aromatic nitrogens is 1. The molecule has 0 bridgehead atoms. The summed E-state index contributed by atoms with van der Waals surface area (Å²) in [5.41, 5.74) is -0.857. The van der Waals surface area contributed by atoms with Crippen molar-refractivity contribution in [1.82, 2.24) is 9.88 Å². The van der Waals surface area contributed by atoms with E-state index >= 15 is 0 Å². The quantitative estimate of drug-likeness (QED) is 0.924. The normalized spacial score (nSPS) is 20.5. The van der Waals surface area contributed by atoms with Gasteiger partial charge in [0.15, 0.2) is 0 Å². The molecule has 1 unspecified atom stereocenters. The Morgan fingerprint density at radius 2 is 2.29 bits per heavy atom. The molecule has 8 heteroatoms. The standard InChI is InChI=1S/C13H17ClF3N3O/c1-2-20-3-4-21-10(8-20)7-19-12-11(14)5-9(6-18-12)13(15,16)17/h5-6,10H,2-4,7-8H2,1H3,(H,18,19). The number of morpholine rings is 1. The summed E-state index contributed by atoms with van der Waals surface area (Å²) in [6, 6.07) is 0.872. The number of hydrogen-bond acceptors (Lipinski definition) is 4. The van der Waals surface area contributed by atoms with E-state index in [-0.39, 0.29) is 16.9 Å². The Morgan fingerprint density at radius 3 is 2.90 bits per heavy atom. The fourth-order valence-corrected chi connectivity index (χ4v) is 2.36. The Kier molecular flexibility index (Phi) is 5.29. The second kappa shape index (κ2) is 6.81. The molecule has 2 heterocycles. The van der Waals surface area contributed by atoms with Crippen LogP contribution in [0.5, 0.6) is 0 Å². The van der Waals surface area contributed by atoms with Crippen molar-refractivity contribution in [1.29, 1.82) is 0 Å². The third kappa shape index (κ3) is 4.46. The van der Waals surface area contributed by atoms with E-state index in [1.54, 1.807) is 0 Å². The summed E-state index contributed by atoms with van der Waals surface area (Å²) in [6.45, 7) is 5.79. The molecule has 4 nitrogen and oxygen atoms in total. The number of rotatable bonds is 4. The lowest BCUT2D eigenvalue weighted by Gasteiger charge is -2.32. The first-order chi connectivity index (χ1) is 9.90. The van der Waals surface area contributed by atoms with Crippen molar-refractivity contribution in [3.63, 3.8) is 0 Å². The molecule has 0 spiro atoms. The van der Waals surface area contributed by atoms with Gasteiger partial charge in [0, 0.05) is 25.8 Å². The van der Waals surface area contributed by atoms with Crippen LogP contribution in [0, 0.1) is 0 Å². The van der Waals surface area contributed by atoms with E-state index in [2.05, 4.69) is 22.1 Å².